The highest BCUT2D eigenvalue weighted by Crippen LogP contribution is 2.29. The average molecular weight is 247 g/mol. The molecule has 2 unspecified atom stereocenters. The van der Waals surface area contributed by atoms with Crippen LogP contribution in [0.5, 0.6) is 0 Å². The number of hydrogen-bond acceptors (Lipinski definition) is 3. The molecule has 3 nitrogen and oxygen atoms in total. The van der Waals surface area contributed by atoms with Crippen molar-refractivity contribution in [3.8, 4) is 0 Å². The van der Waals surface area contributed by atoms with Crippen molar-refractivity contribution in [1.29, 1.82) is 0 Å². The Labute approximate surface area is 111 Å². The van der Waals surface area contributed by atoms with Crippen molar-refractivity contribution in [1.82, 2.24) is 4.98 Å². The van der Waals surface area contributed by atoms with Crippen LogP contribution in [-0.2, 0) is 0 Å². The molecule has 1 aliphatic carbocycles. The summed E-state index contributed by atoms with van der Waals surface area (Å²) >= 11 is 0. The summed E-state index contributed by atoms with van der Waals surface area (Å²) in [5.74, 6) is 1.84. The van der Waals surface area contributed by atoms with Gasteiger partial charge in [-0.15, -0.1) is 0 Å². The molecule has 0 aromatic carbocycles. The molecule has 100 valence electrons. The van der Waals surface area contributed by atoms with Gasteiger partial charge < -0.3 is 10.2 Å². The van der Waals surface area contributed by atoms with E-state index in [1.165, 1.54) is 31.4 Å². The molecule has 0 saturated heterocycles. The molecule has 2 rings (SSSR count). The van der Waals surface area contributed by atoms with Crippen LogP contribution in [0.1, 0.15) is 39.5 Å². The summed E-state index contributed by atoms with van der Waals surface area (Å²) in [6.45, 7) is 5.39. The number of nitrogens with one attached hydrogen (secondary N) is 1. The lowest BCUT2D eigenvalue weighted by Crippen LogP contribution is -2.35. The summed E-state index contributed by atoms with van der Waals surface area (Å²) < 4.78 is 0. The summed E-state index contributed by atoms with van der Waals surface area (Å²) in [5.41, 5.74) is 1.28. The van der Waals surface area contributed by atoms with Crippen molar-refractivity contribution in [2.75, 3.05) is 23.8 Å². The van der Waals surface area contributed by atoms with Gasteiger partial charge in [-0.05, 0) is 31.7 Å². The van der Waals surface area contributed by atoms with Crippen LogP contribution in [0.4, 0.5) is 11.5 Å². The number of pyridine rings is 1. The smallest absolute Gasteiger partial charge is 0.127 e. The highest BCUT2D eigenvalue weighted by atomic mass is 15.1. The lowest BCUT2D eigenvalue weighted by Gasteiger charge is -2.35. The molecule has 0 bridgehead atoms. The Morgan fingerprint density at radius 2 is 2.28 bits per heavy atom. The van der Waals surface area contributed by atoms with Crippen molar-refractivity contribution in [3.63, 3.8) is 0 Å². The molecule has 1 fully saturated rings. The highest BCUT2D eigenvalue weighted by Gasteiger charge is 2.22. The van der Waals surface area contributed by atoms with E-state index >= 15 is 0 Å². The molecular formula is C15H25N3. The Hall–Kier alpha value is -1.25. The van der Waals surface area contributed by atoms with Gasteiger partial charge in [0.05, 0.1) is 0 Å². The molecule has 1 aromatic heterocycles. The molecule has 1 saturated carbocycles. The second kappa shape index (κ2) is 6.07. The zero-order valence-electron chi connectivity index (χ0n) is 11.8. The summed E-state index contributed by atoms with van der Waals surface area (Å²) in [5, 5.41) is 3.28. The number of anilines is 2. The molecule has 0 spiro atoms. The third-order valence-corrected chi connectivity index (χ3v) is 3.97. The predicted octanol–water partition coefficient (Wildman–Crippen LogP) is 3.53. The molecule has 0 aliphatic heterocycles. The summed E-state index contributed by atoms with van der Waals surface area (Å²) in [7, 11) is 2.22. The lowest BCUT2D eigenvalue weighted by molar-refractivity contribution is 0.336. The molecule has 0 radical (unpaired) electrons. The standard InChI is InChI=1S/C15H25N3/c1-4-16-15-11-14(8-9-17-15)18(3)13-7-5-6-12(2)10-13/h8-9,11-13H,4-7,10H2,1-3H3,(H,16,17). The van der Waals surface area contributed by atoms with Crippen LogP contribution in [0.25, 0.3) is 0 Å². The van der Waals surface area contributed by atoms with E-state index in [-0.39, 0.29) is 0 Å². The maximum absolute atomic E-state index is 4.33. The zero-order valence-corrected chi connectivity index (χ0v) is 11.8. The van der Waals surface area contributed by atoms with E-state index in [2.05, 4.69) is 48.2 Å². The molecular weight excluding hydrogens is 222 g/mol. The molecule has 1 aromatic rings. The van der Waals surface area contributed by atoms with Crippen molar-refractivity contribution < 1.29 is 0 Å². The van der Waals surface area contributed by atoms with Gasteiger partial charge in [0, 0.05) is 37.6 Å². The first-order valence-corrected chi connectivity index (χ1v) is 7.13. The van der Waals surface area contributed by atoms with Crippen LogP contribution in [-0.4, -0.2) is 24.6 Å². The van der Waals surface area contributed by atoms with E-state index in [0.29, 0.717) is 6.04 Å². The van der Waals surface area contributed by atoms with Gasteiger partial charge in [-0.3, -0.25) is 0 Å². The molecule has 1 aliphatic rings. The molecule has 1 N–H and O–H groups in total. The number of hydrogen-bond donors (Lipinski definition) is 1. The van der Waals surface area contributed by atoms with Gasteiger partial charge in [0.2, 0.25) is 0 Å². The maximum Gasteiger partial charge on any atom is 0.127 e. The van der Waals surface area contributed by atoms with Crippen molar-refractivity contribution in [2.45, 2.75) is 45.6 Å². The normalized spacial score (nSPS) is 23.7. The average Bonchev–Trinajstić information content (AvgIpc) is 2.39. The predicted molar refractivity (Wildman–Crippen MR) is 78.2 cm³/mol. The first-order valence-electron chi connectivity index (χ1n) is 7.13. The minimum absolute atomic E-state index is 0.686. The van der Waals surface area contributed by atoms with Gasteiger partial charge >= 0.3 is 0 Å². The van der Waals surface area contributed by atoms with Gasteiger partial charge in [0.25, 0.3) is 0 Å². The monoisotopic (exact) mass is 247 g/mol. The first kappa shape index (κ1) is 13.2. The Kier molecular flexibility index (Phi) is 4.45. The largest absolute Gasteiger partial charge is 0.371 e. The van der Waals surface area contributed by atoms with Crippen LogP contribution in [0.3, 0.4) is 0 Å². The molecule has 18 heavy (non-hydrogen) atoms. The molecule has 2 atom stereocenters. The van der Waals surface area contributed by atoms with Crippen LogP contribution < -0.4 is 10.2 Å². The summed E-state index contributed by atoms with van der Waals surface area (Å²) in [6.07, 6.45) is 7.29. The van der Waals surface area contributed by atoms with Gasteiger partial charge in [0.1, 0.15) is 5.82 Å². The van der Waals surface area contributed by atoms with Gasteiger partial charge in [-0.1, -0.05) is 19.8 Å². The minimum atomic E-state index is 0.686. The third kappa shape index (κ3) is 3.15. The lowest BCUT2D eigenvalue weighted by atomic mass is 9.86. The van der Waals surface area contributed by atoms with Gasteiger partial charge in [-0.2, -0.15) is 0 Å². The highest BCUT2D eigenvalue weighted by molar-refractivity contribution is 5.54. The van der Waals surface area contributed by atoms with Crippen molar-refractivity contribution in [3.05, 3.63) is 18.3 Å². The fraction of sp³-hybridized carbons (Fsp3) is 0.667. The molecule has 1 heterocycles. The van der Waals surface area contributed by atoms with E-state index in [1.54, 1.807) is 0 Å². The number of aromatic nitrogens is 1. The number of nitrogens with zero attached hydrogens (tertiary/aromatic N) is 2. The van der Waals surface area contributed by atoms with E-state index in [0.717, 1.165) is 18.3 Å². The van der Waals surface area contributed by atoms with Crippen LogP contribution in [0.2, 0.25) is 0 Å². The first-order chi connectivity index (χ1) is 8.70. The van der Waals surface area contributed by atoms with E-state index in [4.69, 9.17) is 0 Å². The Morgan fingerprint density at radius 1 is 1.44 bits per heavy atom. The Morgan fingerprint density at radius 3 is 3.00 bits per heavy atom. The Bertz CT molecular complexity index is 378. The van der Waals surface area contributed by atoms with Crippen LogP contribution in [0, 0.1) is 5.92 Å². The SMILES string of the molecule is CCNc1cc(N(C)C2CCCC(C)C2)ccn1. The summed E-state index contributed by atoms with van der Waals surface area (Å²) in [6, 6.07) is 4.95. The summed E-state index contributed by atoms with van der Waals surface area (Å²) in [4.78, 5) is 6.76. The quantitative estimate of drug-likeness (QED) is 0.882. The fourth-order valence-corrected chi connectivity index (χ4v) is 2.88. The number of rotatable bonds is 4. The second-order valence-corrected chi connectivity index (χ2v) is 5.47. The van der Waals surface area contributed by atoms with Crippen molar-refractivity contribution >= 4 is 11.5 Å². The maximum atomic E-state index is 4.33. The van der Waals surface area contributed by atoms with Gasteiger partial charge in [0.15, 0.2) is 0 Å². The van der Waals surface area contributed by atoms with Crippen LogP contribution >= 0.6 is 0 Å². The molecule has 3 heteroatoms. The van der Waals surface area contributed by atoms with Crippen molar-refractivity contribution in [2.24, 2.45) is 5.92 Å². The second-order valence-electron chi connectivity index (χ2n) is 5.47. The third-order valence-electron chi connectivity index (χ3n) is 3.97. The zero-order chi connectivity index (χ0) is 13.0. The van der Waals surface area contributed by atoms with E-state index < -0.39 is 0 Å². The molecule has 0 amide bonds. The van der Waals surface area contributed by atoms with Crippen LogP contribution in [0.15, 0.2) is 18.3 Å². The minimum Gasteiger partial charge on any atom is -0.371 e. The van der Waals surface area contributed by atoms with E-state index in [9.17, 15) is 0 Å². The van der Waals surface area contributed by atoms with E-state index in [1.807, 2.05) is 6.20 Å². The van der Waals surface area contributed by atoms with Gasteiger partial charge in [-0.25, -0.2) is 4.98 Å². The topological polar surface area (TPSA) is 28.2 Å². The Balaban J connectivity index is 2.07. The fourth-order valence-electron chi connectivity index (χ4n) is 2.88.